The predicted molar refractivity (Wildman–Crippen MR) is 148 cm³/mol. The molecule has 0 spiro atoms. The van der Waals surface area contributed by atoms with Crippen LogP contribution in [-0.4, -0.2) is 23.5 Å². The Labute approximate surface area is 217 Å². The maximum Gasteiger partial charge on any atom is 0.305 e. The van der Waals surface area contributed by atoms with Gasteiger partial charge in [-0.05, 0) is 77.8 Å². The lowest BCUT2D eigenvalue weighted by molar-refractivity contribution is -0.136. The second-order valence-corrected chi connectivity index (χ2v) is 11.9. The summed E-state index contributed by atoms with van der Waals surface area (Å²) >= 11 is 3.32. The van der Waals surface area contributed by atoms with Crippen molar-refractivity contribution in [3.63, 3.8) is 0 Å². The SMILES string of the molecule is Cc1cc(S[C@@H](c2ccc(C(=O)NCCC(=O)O)s2)C(C)C)cc(C)c1-c1ccc(C(C)C)cc1. The summed E-state index contributed by atoms with van der Waals surface area (Å²) in [6, 6.07) is 17.3. The molecule has 1 amide bonds. The van der Waals surface area contributed by atoms with E-state index in [4.69, 9.17) is 5.11 Å². The topological polar surface area (TPSA) is 66.4 Å². The van der Waals surface area contributed by atoms with Crippen LogP contribution < -0.4 is 5.32 Å². The zero-order chi connectivity index (χ0) is 25.7. The highest BCUT2D eigenvalue weighted by Gasteiger charge is 2.22. The monoisotopic (exact) mass is 509 g/mol. The van der Waals surface area contributed by atoms with Crippen molar-refractivity contribution in [2.45, 2.75) is 64.0 Å². The van der Waals surface area contributed by atoms with E-state index < -0.39 is 5.97 Å². The molecule has 0 aliphatic carbocycles. The Morgan fingerprint density at radius 1 is 0.971 bits per heavy atom. The van der Waals surface area contributed by atoms with E-state index in [1.165, 1.54) is 44.0 Å². The molecule has 1 aromatic heterocycles. The number of hydrogen-bond acceptors (Lipinski definition) is 4. The summed E-state index contributed by atoms with van der Waals surface area (Å²) in [5, 5.41) is 11.7. The maximum atomic E-state index is 12.4. The zero-order valence-electron chi connectivity index (χ0n) is 21.3. The maximum absolute atomic E-state index is 12.4. The summed E-state index contributed by atoms with van der Waals surface area (Å²) in [7, 11) is 0. The van der Waals surface area contributed by atoms with Gasteiger partial charge in [-0.25, -0.2) is 0 Å². The Kier molecular flexibility index (Phi) is 9.20. The number of hydrogen-bond donors (Lipinski definition) is 2. The van der Waals surface area contributed by atoms with Crippen LogP contribution in [0.1, 0.15) is 76.5 Å². The number of aryl methyl sites for hydroxylation is 2. The molecule has 0 saturated heterocycles. The standard InChI is InChI=1S/C29H35NO3S2/c1-17(2)21-7-9-22(10-8-21)27-19(5)15-23(16-20(27)6)34-28(18(3)4)24-11-12-25(35-24)29(33)30-14-13-26(31)32/h7-12,15-18,28H,13-14H2,1-6H3,(H,30,33)(H,31,32)/t28-/m1/s1. The number of thiophene rings is 1. The summed E-state index contributed by atoms with van der Waals surface area (Å²) < 4.78 is 0. The van der Waals surface area contributed by atoms with Crippen LogP contribution >= 0.6 is 23.1 Å². The smallest absolute Gasteiger partial charge is 0.305 e. The molecule has 3 rings (SSSR count). The Morgan fingerprint density at radius 3 is 2.14 bits per heavy atom. The molecule has 3 aromatic rings. The predicted octanol–water partition coefficient (Wildman–Crippen LogP) is 7.85. The number of aliphatic carboxylic acids is 1. The van der Waals surface area contributed by atoms with E-state index in [1.54, 1.807) is 0 Å². The van der Waals surface area contributed by atoms with Crippen LogP contribution in [0.15, 0.2) is 53.4 Å². The molecule has 0 radical (unpaired) electrons. The average Bonchev–Trinajstić information content (AvgIpc) is 3.27. The van der Waals surface area contributed by atoms with E-state index in [0.717, 1.165) is 4.88 Å². The normalized spacial score (nSPS) is 12.2. The van der Waals surface area contributed by atoms with Gasteiger partial charge >= 0.3 is 5.97 Å². The fraction of sp³-hybridized carbons (Fsp3) is 0.379. The van der Waals surface area contributed by atoms with Gasteiger partial charge in [-0.2, -0.15) is 0 Å². The third kappa shape index (κ3) is 6.98. The Hall–Kier alpha value is -2.57. The largest absolute Gasteiger partial charge is 0.481 e. The highest BCUT2D eigenvalue weighted by Crippen LogP contribution is 2.44. The van der Waals surface area contributed by atoms with E-state index in [0.29, 0.717) is 16.7 Å². The van der Waals surface area contributed by atoms with Crippen molar-refractivity contribution in [3.05, 3.63) is 75.0 Å². The number of carboxylic acid groups (broad SMARTS) is 1. The molecule has 1 heterocycles. The molecule has 35 heavy (non-hydrogen) atoms. The number of benzene rings is 2. The van der Waals surface area contributed by atoms with Gasteiger partial charge in [0, 0.05) is 21.6 Å². The van der Waals surface area contributed by atoms with Crippen molar-refractivity contribution in [3.8, 4) is 11.1 Å². The molecule has 2 aromatic carbocycles. The highest BCUT2D eigenvalue weighted by atomic mass is 32.2. The number of carbonyl (C=O) groups is 2. The number of thioether (sulfide) groups is 1. The molecule has 2 N–H and O–H groups in total. The Bertz CT molecular complexity index is 1160. The molecule has 6 heteroatoms. The minimum atomic E-state index is -0.919. The Balaban J connectivity index is 1.79. The third-order valence-corrected chi connectivity index (χ3v) is 8.87. The van der Waals surface area contributed by atoms with Crippen molar-refractivity contribution in [2.24, 2.45) is 5.92 Å². The van der Waals surface area contributed by atoms with Gasteiger partial charge in [-0.3, -0.25) is 9.59 Å². The first-order valence-corrected chi connectivity index (χ1v) is 13.7. The minimum Gasteiger partial charge on any atom is -0.481 e. The zero-order valence-corrected chi connectivity index (χ0v) is 23.0. The summed E-state index contributed by atoms with van der Waals surface area (Å²) in [5.74, 6) is -0.232. The van der Waals surface area contributed by atoms with Crippen molar-refractivity contribution in [2.75, 3.05) is 6.54 Å². The van der Waals surface area contributed by atoms with E-state index in [9.17, 15) is 9.59 Å². The summed E-state index contributed by atoms with van der Waals surface area (Å²) in [6.45, 7) is 13.3. The van der Waals surface area contributed by atoms with Crippen molar-refractivity contribution < 1.29 is 14.7 Å². The molecule has 186 valence electrons. The molecule has 0 fully saturated rings. The number of carboxylic acids is 1. The van der Waals surface area contributed by atoms with Gasteiger partial charge in [0.1, 0.15) is 0 Å². The lowest BCUT2D eigenvalue weighted by atomic mass is 9.93. The molecule has 1 atom stereocenters. The molecule has 0 aliphatic rings. The number of nitrogens with one attached hydrogen (secondary N) is 1. The van der Waals surface area contributed by atoms with Crippen LogP contribution in [-0.2, 0) is 4.79 Å². The van der Waals surface area contributed by atoms with Gasteiger partial charge < -0.3 is 10.4 Å². The molecule has 0 saturated carbocycles. The number of rotatable bonds is 10. The van der Waals surface area contributed by atoms with E-state index >= 15 is 0 Å². The van der Waals surface area contributed by atoms with Crippen molar-refractivity contribution in [1.82, 2.24) is 5.32 Å². The number of carbonyl (C=O) groups excluding carboxylic acids is 1. The van der Waals surface area contributed by atoms with Crippen LogP contribution in [0.3, 0.4) is 0 Å². The van der Waals surface area contributed by atoms with Gasteiger partial charge in [0.25, 0.3) is 5.91 Å². The van der Waals surface area contributed by atoms with Crippen LogP contribution in [0.5, 0.6) is 0 Å². The van der Waals surface area contributed by atoms with Gasteiger partial charge in [0.15, 0.2) is 0 Å². The third-order valence-electron chi connectivity index (χ3n) is 6.00. The fourth-order valence-electron chi connectivity index (χ4n) is 4.15. The van der Waals surface area contributed by atoms with Crippen LogP contribution in [0, 0.1) is 19.8 Å². The van der Waals surface area contributed by atoms with Crippen LogP contribution in [0.2, 0.25) is 0 Å². The molecular weight excluding hydrogens is 474 g/mol. The van der Waals surface area contributed by atoms with Crippen molar-refractivity contribution >= 4 is 35.0 Å². The molecule has 4 nitrogen and oxygen atoms in total. The molecule has 0 aliphatic heterocycles. The van der Waals surface area contributed by atoms with Gasteiger partial charge in [0.2, 0.25) is 0 Å². The fourth-order valence-corrected chi connectivity index (χ4v) is 6.77. The van der Waals surface area contributed by atoms with E-state index in [2.05, 4.69) is 83.3 Å². The van der Waals surface area contributed by atoms with E-state index in [-0.39, 0.29) is 24.1 Å². The molecule has 0 bridgehead atoms. The van der Waals surface area contributed by atoms with Crippen molar-refractivity contribution in [1.29, 1.82) is 0 Å². The first-order chi connectivity index (χ1) is 16.6. The lowest BCUT2D eigenvalue weighted by Gasteiger charge is -2.21. The van der Waals surface area contributed by atoms with Crippen LogP contribution in [0.25, 0.3) is 11.1 Å². The van der Waals surface area contributed by atoms with Gasteiger partial charge in [0.05, 0.1) is 11.3 Å². The second-order valence-electron chi connectivity index (χ2n) is 9.59. The first kappa shape index (κ1) is 27.0. The average molecular weight is 510 g/mol. The second kappa shape index (κ2) is 11.9. The lowest BCUT2D eigenvalue weighted by Crippen LogP contribution is -2.25. The molecule has 0 unspecified atom stereocenters. The highest BCUT2D eigenvalue weighted by molar-refractivity contribution is 7.99. The summed E-state index contributed by atoms with van der Waals surface area (Å²) in [6.07, 6.45) is -0.0784. The number of amides is 1. The first-order valence-electron chi connectivity index (χ1n) is 12.0. The Morgan fingerprint density at radius 2 is 1.60 bits per heavy atom. The van der Waals surface area contributed by atoms with E-state index in [1.807, 2.05) is 23.9 Å². The van der Waals surface area contributed by atoms with Gasteiger partial charge in [-0.15, -0.1) is 23.1 Å². The minimum absolute atomic E-state index is 0.0784. The summed E-state index contributed by atoms with van der Waals surface area (Å²) in [4.78, 5) is 26.1. The van der Waals surface area contributed by atoms with Gasteiger partial charge in [-0.1, -0.05) is 52.0 Å². The summed E-state index contributed by atoms with van der Waals surface area (Å²) in [5.41, 5.74) is 6.41. The van der Waals surface area contributed by atoms with Crippen LogP contribution in [0.4, 0.5) is 0 Å². The quantitative estimate of drug-likeness (QED) is 0.273. The molecular formula is C29H35NO3S2.